The van der Waals surface area contributed by atoms with Gasteiger partial charge in [0, 0.05) is 49.5 Å². The van der Waals surface area contributed by atoms with Crippen LogP contribution in [0.25, 0.3) is 11.0 Å². The van der Waals surface area contributed by atoms with Crippen LogP contribution in [0.3, 0.4) is 0 Å². The number of aromatic amines is 1. The molecule has 2 aliphatic rings. The number of nitro groups is 1. The second-order valence-corrected chi connectivity index (χ2v) is 8.56. The number of nitrogens with one attached hydrogen (secondary N) is 1. The zero-order chi connectivity index (χ0) is 23.3. The van der Waals surface area contributed by atoms with Crippen molar-refractivity contribution in [1.29, 1.82) is 0 Å². The van der Waals surface area contributed by atoms with Crippen LogP contribution in [0.2, 0.25) is 5.02 Å². The average molecular weight is 471 g/mol. The van der Waals surface area contributed by atoms with Crippen LogP contribution in [-0.2, 0) is 0 Å². The van der Waals surface area contributed by atoms with E-state index >= 15 is 0 Å². The monoisotopic (exact) mass is 470 g/mol. The van der Waals surface area contributed by atoms with Crippen LogP contribution in [-0.4, -0.2) is 56.4 Å². The van der Waals surface area contributed by atoms with Gasteiger partial charge in [-0.2, -0.15) is 0 Å². The number of fused-ring (bicyclic) bond motifs is 1. The molecule has 2 fully saturated rings. The number of pyridine rings is 1. The van der Waals surface area contributed by atoms with Gasteiger partial charge in [0.1, 0.15) is 11.3 Å². The summed E-state index contributed by atoms with van der Waals surface area (Å²) < 4.78 is 1.47. The van der Waals surface area contributed by atoms with Crippen molar-refractivity contribution in [3.8, 4) is 0 Å². The van der Waals surface area contributed by atoms with Gasteiger partial charge in [0.2, 0.25) is 0 Å². The highest BCUT2D eigenvalue weighted by molar-refractivity contribution is 6.30. The Bertz CT molecular complexity index is 1400. The molecule has 33 heavy (non-hydrogen) atoms. The van der Waals surface area contributed by atoms with Crippen molar-refractivity contribution in [2.75, 3.05) is 31.1 Å². The molecule has 1 saturated heterocycles. The van der Waals surface area contributed by atoms with E-state index in [9.17, 15) is 24.5 Å². The fraction of sp³-hybridized carbons (Fsp3) is 0.333. The summed E-state index contributed by atoms with van der Waals surface area (Å²) in [7, 11) is 0. The van der Waals surface area contributed by atoms with Crippen molar-refractivity contribution >= 4 is 39.9 Å². The molecule has 1 N–H and O–H groups in total. The van der Waals surface area contributed by atoms with Crippen LogP contribution < -0.4 is 16.1 Å². The van der Waals surface area contributed by atoms with Gasteiger partial charge in [-0.25, -0.2) is 9.78 Å². The summed E-state index contributed by atoms with van der Waals surface area (Å²) in [4.78, 5) is 58.6. The standard InChI is InChI=1S/C21H19ClN6O5/c22-13-1-4-16(17(10-13)28(32)33)25-5-7-26(8-6-25)20(30)12-9-15-18(23-11-12)27(14-2-3-14)21(31)24-19(15)29/h1,4,9-11,14H,2-3,5-8H2,(H,24,29,31). The number of rotatable bonds is 4. The van der Waals surface area contributed by atoms with Crippen LogP contribution >= 0.6 is 11.6 Å². The van der Waals surface area contributed by atoms with Gasteiger partial charge in [-0.05, 0) is 31.0 Å². The first-order valence-corrected chi connectivity index (χ1v) is 10.8. The molecule has 1 aromatic carbocycles. The molecule has 0 unspecified atom stereocenters. The Hall–Kier alpha value is -3.73. The van der Waals surface area contributed by atoms with Crippen LogP contribution in [0, 0.1) is 10.1 Å². The molecule has 1 amide bonds. The van der Waals surface area contributed by atoms with Crippen molar-refractivity contribution in [1.82, 2.24) is 19.4 Å². The average Bonchev–Trinajstić information content (AvgIpc) is 3.63. The zero-order valence-corrected chi connectivity index (χ0v) is 18.1. The second-order valence-electron chi connectivity index (χ2n) is 8.13. The number of anilines is 1. The maximum Gasteiger partial charge on any atom is 0.330 e. The van der Waals surface area contributed by atoms with Crippen LogP contribution in [0.15, 0.2) is 40.1 Å². The smallest absolute Gasteiger partial charge is 0.330 e. The number of nitro benzene ring substituents is 1. The maximum absolute atomic E-state index is 13.1. The third-order valence-electron chi connectivity index (χ3n) is 5.98. The largest absolute Gasteiger partial charge is 0.362 e. The van der Waals surface area contributed by atoms with Crippen molar-refractivity contribution in [3.63, 3.8) is 0 Å². The molecule has 2 aromatic heterocycles. The van der Waals surface area contributed by atoms with E-state index in [4.69, 9.17) is 11.6 Å². The first-order chi connectivity index (χ1) is 15.8. The van der Waals surface area contributed by atoms with E-state index in [1.54, 1.807) is 17.0 Å². The fourth-order valence-electron chi connectivity index (χ4n) is 4.17. The van der Waals surface area contributed by atoms with E-state index in [0.717, 1.165) is 12.8 Å². The number of carbonyl (C=O) groups excluding carboxylic acids is 1. The Balaban J connectivity index is 1.37. The van der Waals surface area contributed by atoms with Gasteiger partial charge in [0.05, 0.1) is 15.9 Å². The van der Waals surface area contributed by atoms with Crippen LogP contribution in [0.1, 0.15) is 29.2 Å². The molecule has 0 atom stereocenters. The number of benzene rings is 1. The Morgan fingerprint density at radius 1 is 1.15 bits per heavy atom. The number of H-pyrrole nitrogens is 1. The lowest BCUT2D eigenvalue weighted by atomic mass is 10.1. The number of amides is 1. The molecule has 3 aromatic rings. The maximum atomic E-state index is 13.1. The van der Waals surface area contributed by atoms with Gasteiger partial charge in [-0.15, -0.1) is 0 Å². The van der Waals surface area contributed by atoms with E-state index in [1.165, 1.54) is 22.9 Å². The van der Waals surface area contributed by atoms with E-state index in [2.05, 4.69) is 9.97 Å². The summed E-state index contributed by atoms with van der Waals surface area (Å²) >= 11 is 5.90. The molecule has 11 nitrogen and oxygen atoms in total. The molecule has 0 radical (unpaired) electrons. The topological polar surface area (TPSA) is 134 Å². The normalized spacial score (nSPS) is 16.3. The van der Waals surface area contributed by atoms with Gasteiger partial charge in [-0.1, -0.05) is 11.6 Å². The van der Waals surface area contributed by atoms with E-state index < -0.39 is 16.2 Å². The number of piperazine rings is 1. The minimum atomic E-state index is -0.575. The number of hydrogen-bond acceptors (Lipinski definition) is 7. The summed E-state index contributed by atoms with van der Waals surface area (Å²) in [6.45, 7) is 1.48. The Morgan fingerprint density at radius 3 is 2.55 bits per heavy atom. The zero-order valence-electron chi connectivity index (χ0n) is 17.4. The minimum absolute atomic E-state index is 0.0240. The molecule has 5 rings (SSSR count). The van der Waals surface area contributed by atoms with Gasteiger partial charge in [0.15, 0.2) is 0 Å². The first kappa shape index (κ1) is 21.1. The molecule has 1 aliphatic heterocycles. The quantitative estimate of drug-likeness (QED) is 0.454. The molecular formula is C21H19ClN6O5. The number of hydrogen-bond donors (Lipinski definition) is 1. The highest BCUT2D eigenvalue weighted by atomic mass is 35.5. The minimum Gasteiger partial charge on any atom is -0.362 e. The third kappa shape index (κ3) is 3.84. The highest BCUT2D eigenvalue weighted by Gasteiger charge is 2.29. The highest BCUT2D eigenvalue weighted by Crippen LogP contribution is 2.35. The molecule has 12 heteroatoms. The van der Waals surface area contributed by atoms with Crippen molar-refractivity contribution in [2.24, 2.45) is 0 Å². The molecular weight excluding hydrogens is 452 g/mol. The summed E-state index contributed by atoms with van der Waals surface area (Å²) in [6.07, 6.45) is 3.08. The number of nitrogens with zero attached hydrogens (tertiary/aromatic N) is 5. The molecule has 170 valence electrons. The van der Waals surface area contributed by atoms with Crippen molar-refractivity contribution in [3.05, 3.63) is 72.0 Å². The van der Waals surface area contributed by atoms with Gasteiger partial charge < -0.3 is 9.80 Å². The summed E-state index contributed by atoms with van der Waals surface area (Å²) in [5, 5.41) is 11.9. The van der Waals surface area contributed by atoms with Crippen LogP contribution in [0.4, 0.5) is 11.4 Å². The number of halogens is 1. The molecule has 1 aliphatic carbocycles. The predicted octanol–water partition coefficient (Wildman–Crippen LogP) is 1.94. The van der Waals surface area contributed by atoms with Crippen LogP contribution in [0.5, 0.6) is 0 Å². The van der Waals surface area contributed by atoms with E-state index in [1.807, 2.05) is 4.90 Å². The predicted molar refractivity (Wildman–Crippen MR) is 121 cm³/mol. The Morgan fingerprint density at radius 2 is 1.88 bits per heavy atom. The summed E-state index contributed by atoms with van der Waals surface area (Å²) in [5.41, 5.74) is -0.166. The lowest BCUT2D eigenvalue weighted by Crippen LogP contribution is -2.49. The summed E-state index contributed by atoms with van der Waals surface area (Å²) in [6, 6.07) is 6.01. The number of carbonyl (C=O) groups is 1. The Kier molecular flexibility index (Phi) is 5.12. The first-order valence-electron chi connectivity index (χ1n) is 10.5. The van der Waals surface area contributed by atoms with E-state index in [-0.39, 0.29) is 39.3 Å². The lowest BCUT2D eigenvalue weighted by molar-refractivity contribution is -0.384. The molecule has 1 saturated carbocycles. The van der Waals surface area contributed by atoms with Gasteiger partial charge in [-0.3, -0.25) is 29.3 Å². The van der Waals surface area contributed by atoms with E-state index in [0.29, 0.717) is 31.9 Å². The van der Waals surface area contributed by atoms with Gasteiger partial charge >= 0.3 is 5.69 Å². The van der Waals surface area contributed by atoms with Crippen molar-refractivity contribution in [2.45, 2.75) is 18.9 Å². The Labute approximate surface area is 191 Å². The second kappa shape index (κ2) is 8.00. The number of aromatic nitrogens is 3. The third-order valence-corrected chi connectivity index (χ3v) is 6.21. The lowest BCUT2D eigenvalue weighted by Gasteiger charge is -2.35. The molecule has 3 heterocycles. The summed E-state index contributed by atoms with van der Waals surface area (Å²) in [5.74, 6) is -0.293. The fourth-order valence-corrected chi connectivity index (χ4v) is 4.34. The van der Waals surface area contributed by atoms with Gasteiger partial charge in [0.25, 0.3) is 17.2 Å². The molecule has 0 spiro atoms. The molecule has 0 bridgehead atoms. The van der Waals surface area contributed by atoms with Crippen molar-refractivity contribution < 1.29 is 9.72 Å². The SMILES string of the molecule is O=C(c1cnc2c(c1)c(=O)[nH]c(=O)n2C1CC1)N1CCN(c2ccc(Cl)cc2[N+](=O)[O-])CC1.